The van der Waals surface area contributed by atoms with Crippen LogP contribution in [0.5, 0.6) is 17.2 Å². The number of amides is 1. The summed E-state index contributed by atoms with van der Waals surface area (Å²) in [5, 5.41) is 0. The van der Waals surface area contributed by atoms with Crippen molar-refractivity contribution in [1.82, 2.24) is 19.4 Å². The van der Waals surface area contributed by atoms with Gasteiger partial charge in [-0.25, -0.2) is 4.98 Å². The summed E-state index contributed by atoms with van der Waals surface area (Å²) in [6.07, 6.45) is 3.27. The minimum Gasteiger partial charge on any atom is -0.493 e. The van der Waals surface area contributed by atoms with E-state index in [2.05, 4.69) is 29.2 Å². The third kappa shape index (κ3) is 7.79. The number of methoxy groups -OCH3 is 2. The minimum absolute atomic E-state index is 0.0761. The summed E-state index contributed by atoms with van der Waals surface area (Å²) in [7, 11) is 2.93. The van der Waals surface area contributed by atoms with Gasteiger partial charge in [-0.05, 0) is 82.1 Å². The normalized spacial score (nSPS) is 18.2. The van der Waals surface area contributed by atoms with Crippen LogP contribution in [0.25, 0.3) is 11.0 Å². The fraction of sp³-hybridized carbons (Fsp3) is 0.450. The fourth-order valence-corrected chi connectivity index (χ4v) is 7.62. The molecule has 2 fully saturated rings. The number of ether oxygens (including phenoxy) is 4. The molecule has 0 radical (unpaired) electrons. The number of Topliss-reactive ketones (excluding diaryl/α,β-unsaturated/α-hetero) is 1. The van der Waals surface area contributed by atoms with E-state index < -0.39 is 5.97 Å². The van der Waals surface area contributed by atoms with Crippen molar-refractivity contribution in [3.05, 3.63) is 83.7 Å². The number of piperidine rings is 1. The van der Waals surface area contributed by atoms with E-state index in [0.29, 0.717) is 44.2 Å². The average Bonchev–Trinajstić information content (AvgIpc) is 3.77. The molecule has 3 heterocycles. The van der Waals surface area contributed by atoms with Crippen molar-refractivity contribution in [1.29, 1.82) is 0 Å². The maximum absolute atomic E-state index is 14.0. The fourth-order valence-electron chi connectivity index (χ4n) is 7.62. The number of benzene rings is 3. The number of carbonyl (C=O) groups excluding carboxylic acids is 3. The lowest BCUT2D eigenvalue weighted by Gasteiger charge is -2.36. The van der Waals surface area contributed by atoms with Gasteiger partial charge >= 0.3 is 5.97 Å². The van der Waals surface area contributed by atoms with Crippen LogP contribution in [0.1, 0.15) is 66.1 Å². The number of fused-ring (bicyclic) bond motifs is 1. The number of esters is 1. The Labute approximate surface area is 299 Å². The Morgan fingerprint density at radius 1 is 0.902 bits per heavy atom. The number of ketones is 1. The van der Waals surface area contributed by atoms with E-state index in [0.717, 1.165) is 56.4 Å². The minimum atomic E-state index is -0.511. The highest BCUT2D eigenvalue weighted by Gasteiger charge is 2.42. The lowest BCUT2D eigenvalue weighted by molar-refractivity contribution is -0.132. The van der Waals surface area contributed by atoms with Gasteiger partial charge in [-0.3, -0.25) is 14.4 Å². The highest BCUT2D eigenvalue weighted by molar-refractivity contribution is 5.98. The Kier molecular flexibility index (Phi) is 11.4. The standard InChI is InChI=1S/C40H48N4O7/c1-5-50-24-23-44-33-14-10-9-13-32(33)41-38(44)36(46)29-15-19-42(20-16-29)21-17-40(31-11-7-6-8-12-31)18-22-43(27-40)39(47)30-25-34(48-3)37(51-28(2)45)35(26-30)49-4/h6-14,25-26,29H,5,15-24,27H2,1-4H3. The molecule has 6 rings (SSSR count). The van der Waals surface area contributed by atoms with Crippen LogP contribution >= 0.6 is 0 Å². The average molecular weight is 697 g/mol. The summed E-state index contributed by atoms with van der Waals surface area (Å²) in [5.41, 5.74) is 3.20. The zero-order valence-electron chi connectivity index (χ0n) is 30.1. The van der Waals surface area contributed by atoms with Crippen molar-refractivity contribution in [3.8, 4) is 17.2 Å². The van der Waals surface area contributed by atoms with Crippen LogP contribution in [-0.4, -0.2) is 97.2 Å². The molecule has 1 unspecified atom stereocenters. The van der Waals surface area contributed by atoms with E-state index >= 15 is 0 Å². The molecule has 1 atom stereocenters. The van der Waals surface area contributed by atoms with E-state index in [-0.39, 0.29) is 40.3 Å². The van der Waals surface area contributed by atoms with Crippen LogP contribution in [0.15, 0.2) is 66.7 Å². The first-order valence-electron chi connectivity index (χ1n) is 17.9. The van der Waals surface area contributed by atoms with Crippen molar-refractivity contribution in [2.45, 2.75) is 51.5 Å². The predicted octanol–water partition coefficient (Wildman–Crippen LogP) is 5.78. The molecule has 2 saturated heterocycles. The molecule has 4 aromatic rings. The highest BCUT2D eigenvalue weighted by Crippen LogP contribution is 2.42. The van der Waals surface area contributed by atoms with E-state index in [1.54, 1.807) is 12.1 Å². The lowest BCUT2D eigenvalue weighted by atomic mass is 9.76. The van der Waals surface area contributed by atoms with Gasteiger partial charge in [-0.15, -0.1) is 0 Å². The molecule has 0 spiro atoms. The van der Waals surface area contributed by atoms with Crippen LogP contribution in [0.3, 0.4) is 0 Å². The molecule has 0 bridgehead atoms. The SMILES string of the molecule is CCOCCn1c(C(=O)C2CCN(CCC3(c4ccccc4)CCN(C(=O)c4cc(OC)c(OC(C)=O)c(OC)c4)C3)CC2)nc2ccccc21. The smallest absolute Gasteiger partial charge is 0.308 e. The first kappa shape index (κ1) is 36.1. The van der Waals surface area contributed by atoms with Gasteiger partial charge < -0.3 is 33.3 Å². The number of carbonyl (C=O) groups is 3. The van der Waals surface area contributed by atoms with Crippen molar-refractivity contribution < 1.29 is 33.3 Å². The van der Waals surface area contributed by atoms with E-state index in [1.165, 1.54) is 26.7 Å². The van der Waals surface area contributed by atoms with Crippen LogP contribution in [0.4, 0.5) is 0 Å². The summed E-state index contributed by atoms with van der Waals surface area (Å²) in [5.74, 6) is 0.583. The number of nitrogens with zero attached hydrogens (tertiary/aromatic N) is 4. The second kappa shape index (κ2) is 16.1. The zero-order chi connectivity index (χ0) is 36.0. The Hall–Kier alpha value is -4.74. The van der Waals surface area contributed by atoms with E-state index in [9.17, 15) is 14.4 Å². The number of imidazole rings is 1. The van der Waals surface area contributed by atoms with Crippen molar-refractivity contribution in [3.63, 3.8) is 0 Å². The second-order valence-corrected chi connectivity index (χ2v) is 13.4. The third-order valence-corrected chi connectivity index (χ3v) is 10.4. The predicted molar refractivity (Wildman–Crippen MR) is 194 cm³/mol. The zero-order valence-corrected chi connectivity index (χ0v) is 30.1. The van der Waals surface area contributed by atoms with Gasteiger partial charge in [0.05, 0.1) is 31.9 Å². The largest absolute Gasteiger partial charge is 0.493 e. The molecule has 2 aliphatic heterocycles. The molecule has 51 heavy (non-hydrogen) atoms. The molecule has 0 aliphatic carbocycles. The number of likely N-dealkylation sites (tertiary alicyclic amines) is 2. The molecule has 11 heteroatoms. The molecule has 1 amide bonds. The molecular formula is C40H48N4O7. The number of para-hydroxylation sites is 2. The molecule has 3 aromatic carbocycles. The van der Waals surface area contributed by atoms with Crippen LogP contribution in [0, 0.1) is 5.92 Å². The maximum atomic E-state index is 14.0. The van der Waals surface area contributed by atoms with Crippen LogP contribution in [0.2, 0.25) is 0 Å². The van der Waals surface area contributed by atoms with E-state index in [4.69, 9.17) is 23.9 Å². The van der Waals surface area contributed by atoms with Gasteiger partial charge in [-0.1, -0.05) is 42.5 Å². The molecule has 0 saturated carbocycles. The Morgan fingerprint density at radius 3 is 2.25 bits per heavy atom. The van der Waals surface area contributed by atoms with Gasteiger partial charge in [-0.2, -0.15) is 0 Å². The number of hydrogen-bond acceptors (Lipinski definition) is 9. The monoisotopic (exact) mass is 696 g/mol. The first-order valence-corrected chi connectivity index (χ1v) is 17.9. The topological polar surface area (TPSA) is 112 Å². The van der Waals surface area contributed by atoms with Gasteiger partial charge in [0.25, 0.3) is 5.91 Å². The number of rotatable bonds is 14. The van der Waals surface area contributed by atoms with Crippen molar-refractivity contribution >= 4 is 28.7 Å². The molecule has 0 N–H and O–H groups in total. The summed E-state index contributed by atoms with van der Waals surface area (Å²) >= 11 is 0. The Bertz CT molecular complexity index is 1830. The van der Waals surface area contributed by atoms with Gasteiger partial charge in [0.15, 0.2) is 17.3 Å². The van der Waals surface area contributed by atoms with Gasteiger partial charge in [0, 0.05) is 50.1 Å². The molecule has 1 aromatic heterocycles. The quantitative estimate of drug-likeness (QED) is 0.0701. The van der Waals surface area contributed by atoms with Crippen LogP contribution in [-0.2, 0) is 21.5 Å². The summed E-state index contributed by atoms with van der Waals surface area (Å²) in [6, 6.07) is 21.6. The molecule has 270 valence electrons. The van der Waals surface area contributed by atoms with Crippen molar-refractivity contribution in [2.75, 3.05) is 60.2 Å². The van der Waals surface area contributed by atoms with Gasteiger partial charge in [0.2, 0.25) is 11.5 Å². The summed E-state index contributed by atoms with van der Waals surface area (Å²) < 4.78 is 23.9. The number of aromatic nitrogens is 2. The molecular weight excluding hydrogens is 648 g/mol. The third-order valence-electron chi connectivity index (χ3n) is 10.4. The van der Waals surface area contributed by atoms with E-state index in [1.807, 2.05) is 46.7 Å². The highest BCUT2D eigenvalue weighted by atomic mass is 16.6. The van der Waals surface area contributed by atoms with Gasteiger partial charge in [0.1, 0.15) is 0 Å². The first-order chi connectivity index (χ1) is 24.8. The Morgan fingerprint density at radius 2 is 1.59 bits per heavy atom. The summed E-state index contributed by atoms with van der Waals surface area (Å²) in [4.78, 5) is 48.7. The number of hydrogen-bond donors (Lipinski definition) is 0. The summed E-state index contributed by atoms with van der Waals surface area (Å²) in [6.45, 7) is 8.73. The maximum Gasteiger partial charge on any atom is 0.308 e. The second-order valence-electron chi connectivity index (χ2n) is 13.4. The molecule has 11 nitrogen and oxygen atoms in total. The molecule has 2 aliphatic rings. The van der Waals surface area contributed by atoms with Crippen molar-refractivity contribution in [2.24, 2.45) is 5.92 Å². The lowest BCUT2D eigenvalue weighted by Crippen LogP contribution is -2.41. The Balaban J connectivity index is 1.13. The van der Waals surface area contributed by atoms with Crippen LogP contribution < -0.4 is 14.2 Å².